The number of carbonyl (C=O) groups excluding carboxylic acids is 2. The molecule has 1 atom stereocenters. The highest BCUT2D eigenvalue weighted by Gasteiger charge is 2.13. The van der Waals surface area contributed by atoms with Gasteiger partial charge in [0.1, 0.15) is 0 Å². The highest BCUT2D eigenvalue weighted by Crippen LogP contribution is 2.10. The standard InChI is InChI=1S/C12H22N2O6S.ClH/c1-2-5-10(13)12(16)21-9-6-11(15)19-7-3-4-8-20-14(17)18;/h10H,2-9,13H2,1H3;1H. The zero-order valence-electron chi connectivity index (χ0n) is 12.5. The molecule has 0 aliphatic rings. The van der Waals surface area contributed by atoms with E-state index in [-0.39, 0.29) is 37.2 Å². The molecule has 0 aromatic carbocycles. The zero-order valence-corrected chi connectivity index (χ0v) is 14.2. The Labute approximate surface area is 140 Å². The number of esters is 1. The van der Waals surface area contributed by atoms with Crippen LogP contribution in [-0.4, -0.2) is 41.2 Å². The summed E-state index contributed by atoms with van der Waals surface area (Å²) in [5, 5.41) is 8.89. The van der Waals surface area contributed by atoms with Crippen LogP contribution in [0.2, 0.25) is 0 Å². The van der Waals surface area contributed by atoms with Crippen LogP contribution >= 0.6 is 24.2 Å². The molecule has 10 heteroatoms. The minimum Gasteiger partial charge on any atom is -0.466 e. The van der Waals surface area contributed by atoms with Gasteiger partial charge in [0.05, 0.1) is 25.7 Å². The normalized spacial score (nSPS) is 11.2. The van der Waals surface area contributed by atoms with Gasteiger partial charge in [0.2, 0.25) is 5.12 Å². The molecule has 2 N–H and O–H groups in total. The van der Waals surface area contributed by atoms with E-state index < -0.39 is 17.1 Å². The van der Waals surface area contributed by atoms with Gasteiger partial charge < -0.3 is 15.3 Å². The number of unbranched alkanes of at least 4 members (excludes halogenated alkanes) is 1. The largest absolute Gasteiger partial charge is 0.466 e. The van der Waals surface area contributed by atoms with Crippen LogP contribution in [0.3, 0.4) is 0 Å². The number of hydrogen-bond acceptors (Lipinski definition) is 8. The number of ether oxygens (including phenoxy) is 1. The molecule has 1 unspecified atom stereocenters. The van der Waals surface area contributed by atoms with E-state index in [2.05, 4.69) is 4.84 Å². The second kappa shape index (κ2) is 14.9. The predicted octanol–water partition coefficient (Wildman–Crippen LogP) is 1.72. The number of thioether (sulfide) groups is 1. The SMILES string of the molecule is CCCC(N)C(=O)SCCC(=O)OCCCCO[N+](=O)[O-].Cl. The molecule has 0 aliphatic carbocycles. The number of nitrogens with two attached hydrogens (primary N) is 1. The summed E-state index contributed by atoms with van der Waals surface area (Å²) < 4.78 is 4.92. The Hall–Kier alpha value is -1.06. The molecule has 22 heavy (non-hydrogen) atoms. The maximum atomic E-state index is 11.5. The van der Waals surface area contributed by atoms with E-state index in [1.165, 1.54) is 0 Å². The molecule has 0 aromatic rings. The average molecular weight is 359 g/mol. The Morgan fingerprint density at radius 2 is 1.95 bits per heavy atom. The first-order chi connectivity index (χ1) is 9.97. The number of hydrogen-bond donors (Lipinski definition) is 1. The Morgan fingerprint density at radius 3 is 2.55 bits per heavy atom. The summed E-state index contributed by atoms with van der Waals surface area (Å²) in [6.07, 6.45) is 2.55. The topological polar surface area (TPSA) is 122 Å². The average Bonchev–Trinajstić information content (AvgIpc) is 2.42. The van der Waals surface area contributed by atoms with Gasteiger partial charge in [-0.3, -0.25) is 9.59 Å². The van der Waals surface area contributed by atoms with Gasteiger partial charge >= 0.3 is 5.97 Å². The Morgan fingerprint density at radius 1 is 1.32 bits per heavy atom. The summed E-state index contributed by atoms with van der Waals surface area (Å²) in [4.78, 5) is 36.8. The van der Waals surface area contributed by atoms with Crippen molar-refractivity contribution in [3.8, 4) is 0 Å². The first-order valence-corrected chi connectivity index (χ1v) is 7.81. The molecule has 130 valence electrons. The van der Waals surface area contributed by atoms with Gasteiger partial charge in [0.15, 0.2) is 0 Å². The molecule has 8 nitrogen and oxygen atoms in total. The van der Waals surface area contributed by atoms with Gasteiger partial charge in [-0.05, 0) is 19.3 Å². The third kappa shape index (κ3) is 13.9. The molecule has 0 saturated carbocycles. The third-order valence-corrected chi connectivity index (χ3v) is 3.45. The summed E-state index contributed by atoms with van der Waals surface area (Å²) in [7, 11) is 0. The lowest BCUT2D eigenvalue weighted by Crippen LogP contribution is -2.28. The van der Waals surface area contributed by atoms with Crippen LogP contribution in [0.4, 0.5) is 0 Å². The highest BCUT2D eigenvalue weighted by atomic mass is 35.5. The van der Waals surface area contributed by atoms with Gasteiger partial charge in [-0.2, -0.15) is 0 Å². The second-order valence-corrected chi connectivity index (χ2v) is 5.40. The van der Waals surface area contributed by atoms with Crippen LogP contribution in [0, 0.1) is 10.1 Å². The smallest absolute Gasteiger partial charge is 0.306 e. The van der Waals surface area contributed by atoms with E-state index in [0.717, 1.165) is 18.2 Å². The van der Waals surface area contributed by atoms with Crippen molar-refractivity contribution in [2.45, 2.75) is 45.1 Å². The fourth-order valence-electron chi connectivity index (χ4n) is 1.37. The van der Waals surface area contributed by atoms with Crippen LogP contribution in [-0.2, 0) is 19.2 Å². The molecule has 0 aromatic heterocycles. The van der Waals surface area contributed by atoms with Crippen molar-refractivity contribution in [2.75, 3.05) is 19.0 Å². The molecule has 0 bridgehead atoms. The summed E-state index contributed by atoms with van der Waals surface area (Å²) in [5.74, 6) is -0.0472. The van der Waals surface area contributed by atoms with Gasteiger partial charge in [0.25, 0.3) is 5.09 Å². The molecule has 0 aliphatic heterocycles. The molecule has 0 rings (SSSR count). The molecule has 0 radical (unpaired) electrons. The van der Waals surface area contributed by atoms with Crippen molar-refractivity contribution in [3.63, 3.8) is 0 Å². The monoisotopic (exact) mass is 358 g/mol. The van der Waals surface area contributed by atoms with Crippen molar-refractivity contribution in [2.24, 2.45) is 5.73 Å². The van der Waals surface area contributed by atoms with E-state index in [1.807, 2.05) is 6.92 Å². The fourth-order valence-corrected chi connectivity index (χ4v) is 2.17. The Kier molecular flexibility index (Phi) is 15.7. The van der Waals surface area contributed by atoms with Crippen LogP contribution in [0.15, 0.2) is 0 Å². The van der Waals surface area contributed by atoms with Crippen molar-refractivity contribution >= 4 is 35.3 Å². The van der Waals surface area contributed by atoms with E-state index in [4.69, 9.17) is 10.5 Å². The zero-order chi connectivity index (χ0) is 16.1. The fraction of sp³-hybridized carbons (Fsp3) is 0.833. The number of carbonyl (C=O) groups is 2. The molecule has 0 heterocycles. The van der Waals surface area contributed by atoms with Gasteiger partial charge in [0, 0.05) is 5.75 Å². The van der Waals surface area contributed by atoms with Gasteiger partial charge in [-0.15, -0.1) is 22.5 Å². The van der Waals surface area contributed by atoms with E-state index >= 15 is 0 Å². The lowest BCUT2D eigenvalue weighted by molar-refractivity contribution is -0.757. The first-order valence-electron chi connectivity index (χ1n) is 6.82. The lowest BCUT2D eigenvalue weighted by Gasteiger charge is -2.08. The first kappa shape index (κ1) is 23.2. The van der Waals surface area contributed by atoms with Crippen molar-refractivity contribution in [1.29, 1.82) is 0 Å². The minimum absolute atomic E-state index is 0. The van der Waals surface area contributed by atoms with Crippen LogP contribution in [0.5, 0.6) is 0 Å². The third-order valence-electron chi connectivity index (χ3n) is 2.45. The van der Waals surface area contributed by atoms with Gasteiger partial charge in [-0.1, -0.05) is 25.1 Å². The van der Waals surface area contributed by atoms with Crippen molar-refractivity contribution in [1.82, 2.24) is 0 Å². The quantitative estimate of drug-likeness (QED) is 0.242. The summed E-state index contributed by atoms with van der Waals surface area (Å²) in [5.41, 5.74) is 5.65. The molecule has 0 fully saturated rings. The number of halogens is 1. The predicted molar refractivity (Wildman–Crippen MR) is 85.4 cm³/mol. The van der Waals surface area contributed by atoms with Gasteiger partial charge in [-0.25, -0.2) is 0 Å². The number of nitrogens with zero attached hydrogens (tertiary/aromatic N) is 1. The molecular formula is C12H23ClN2O6S. The van der Waals surface area contributed by atoms with Crippen LogP contribution < -0.4 is 5.73 Å². The Bertz CT molecular complexity index is 346. The maximum absolute atomic E-state index is 11.5. The van der Waals surface area contributed by atoms with Crippen LogP contribution in [0.25, 0.3) is 0 Å². The van der Waals surface area contributed by atoms with E-state index in [9.17, 15) is 19.7 Å². The second-order valence-electron chi connectivity index (χ2n) is 4.30. The summed E-state index contributed by atoms with van der Waals surface area (Å²) in [6, 6.07) is -0.474. The summed E-state index contributed by atoms with van der Waals surface area (Å²) >= 11 is 1.04. The minimum atomic E-state index is -0.858. The van der Waals surface area contributed by atoms with E-state index in [0.29, 0.717) is 25.0 Å². The molecule has 0 saturated heterocycles. The molecular weight excluding hydrogens is 336 g/mol. The summed E-state index contributed by atoms with van der Waals surface area (Å²) in [6.45, 7) is 2.13. The number of rotatable bonds is 12. The lowest BCUT2D eigenvalue weighted by atomic mass is 10.2. The van der Waals surface area contributed by atoms with E-state index in [1.54, 1.807) is 0 Å². The molecule has 0 spiro atoms. The maximum Gasteiger partial charge on any atom is 0.306 e. The van der Waals surface area contributed by atoms with Crippen molar-refractivity contribution < 1.29 is 24.3 Å². The highest BCUT2D eigenvalue weighted by molar-refractivity contribution is 8.13. The molecule has 0 amide bonds. The van der Waals surface area contributed by atoms with Crippen LogP contribution in [0.1, 0.15) is 39.0 Å². The van der Waals surface area contributed by atoms with Crippen molar-refractivity contribution in [3.05, 3.63) is 10.1 Å². The Balaban J connectivity index is 0.